The highest BCUT2D eigenvalue weighted by Gasteiger charge is 2.56. The molecule has 6 heteroatoms. The van der Waals surface area contributed by atoms with Gasteiger partial charge in [-0.15, -0.1) is 0 Å². The van der Waals surface area contributed by atoms with Gasteiger partial charge in [-0.2, -0.15) is 5.26 Å². The fraction of sp³-hybridized carbons (Fsp3) is 0.562. The Labute approximate surface area is 134 Å². The Morgan fingerprint density at radius 2 is 2.18 bits per heavy atom. The standard InChI is InChI=1S/C16H19ClN2O3/c1-10-13(3-2-11(7-18)14(10)17)19-12-4-5-16(19,22)8-15(21,6-12)9-20/h2-3,12,20-22H,4-6,8-9H2,1H3/t12-,15+,16-/m1/s1. The van der Waals surface area contributed by atoms with Crippen LogP contribution in [0.2, 0.25) is 5.02 Å². The summed E-state index contributed by atoms with van der Waals surface area (Å²) in [6.07, 6.45) is 1.79. The van der Waals surface area contributed by atoms with E-state index in [0.717, 1.165) is 17.7 Å². The number of aliphatic hydroxyl groups excluding tert-OH is 1. The molecule has 2 bridgehead atoms. The van der Waals surface area contributed by atoms with Crippen molar-refractivity contribution in [2.24, 2.45) is 0 Å². The van der Waals surface area contributed by atoms with Gasteiger partial charge in [0.25, 0.3) is 0 Å². The molecule has 0 amide bonds. The molecule has 5 nitrogen and oxygen atoms in total. The molecule has 22 heavy (non-hydrogen) atoms. The summed E-state index contributed by atoms with van der Waals surface area (Å²) in [6, 6.07) is 5.44. The summed E-state index contributed by atoms with van der Waals surface area (Å²) in [7, 11) is 0. The van der Waals surface area contributed by atoms with E-state index in [1.54, 1.807) is 12.1 Å². The molecule has 2 saturated heterocycles. The highest BCUT2D eigenvalue weighted by molar-refractivity contribution is 6.32. The van der Waals surface area contributed by atoms with E-state index >= 15 is 0 Å². The number of hydrogen-bond acceptors (Lipinski definition) is 5. The summed E-state index contributed by atoms with van der Waals surface area (Å²) in [5.41, 5.74) is -0.486. The van der Waals surface area contributed by atoms with Crippen LogP contribution in [-0.4, -0.2) is 39.3 Å². The number of fused-ring (bicyclic) bond motifs is 2. The number of rotatable bonds is 2. The molecule has 0 spiro atoms. The van der Waals surface area contributed by atoms with Crippen molar-refractivity contribution in [2.45, 2.75) is 50.0 Å². The molecule has 3 N–H and O–H groups in total. The number of nitrogens with zero attached hydrogens (tertiary/aromatic N) is 2. The molecule has 1 aromatic rings. The van der Waals surface area contributed by atoms with Gasteiger partial charge in [0.15, 0.2) is 0 Å². The third-order valence-corrected chi connectivity index (χ3v) is 5.44. The van der Waals surface area contributed by atoms with Gasteiger partial charge >= 0.3 is 0 Å². The lowest BCUT2D eigenvalue weighted by Crippen LogP contribution is -2.60. The molecule has 2 heterocycles. The predicted octanol–water partition coefficient (Wildman–Crippen LogP) is 1.69. The van der Waals surface area contributed by atoms with Crippen molar-refractivity contribution in [2.75, 3.05) is 11.5 Å². The zero-order chi connectivity index (χ0) is 16.1. The minimum atomic E-state index is -1.24. The monoisotopic (exact) mass is 322 g/mol. The first-order valence-electron chi connectivity index (χ1n) is 7.38. The largest absolute Gasteiger partial charge is 0.393 e. The average molecular weight is 323 g/mol. The fourth-order valence-corrected chi connectivity index (χ4v) is 4.16. The molecule has 118 valence electrons. The number of aliphatic hydroxyl groups is 3. The zero-order valence-electron chi connectivity index (χ0n) is 12.4. The van der Waals surface area contributed by atoms with Gasteiger partial charge in [-0.05, 0) is 43.9 Å². The van der Waals surface area contributed by atoms with Gasteiger partial charge in [0.1, 0.15) is 11.8 Å². The van der Waals surface area contributed by atoms with Gasteiger partial charge in [-0.25, -0.2) is 0 Å². The van der Waals surface area contributed by atoms with Crippen LogP contribution in [0, 0.1) is 18.3 Å². The van der Waals surface area contributed by atoms with E-state index < -0.39 is 11.3 Å². The summed E-state index contributed by atoms with van der Waals surface area (Å²) in [4.78, 5) is 1.90. The van der Waals surface area contributed by atoms with Crippen LogP contribution < -0.4 is 4.90 Å². The minimum absolute atomic E-state index is 0.0568. The second-order valence-electron chi connectivity index (χ2n) is 6.49. The summed E-state index contributed by atoms with van der Waals surface area (Å²) in [6.45, 7) is 1.47. The van der Waals surface area contributed by atoms with Crippen LogP contribution in [0.3, 0.4) is 0 Å². The van der Waals surface area contributed by atoms with Gasteiger partial charge < -0.3 is 20.2 Å². The molecule has 0 aliphatic carbocycles. The second kappa shape index (κ2) is 5.10. The van der Waals surface area contributed by atoms with E-state index in [-0.39, 0.29) is 19.1 Å². The van der Waals surface area contributed by atoms with Crippen molar-refractivity contribution in [1.82, 2.24) is 0 Å². The van der Waals surface area contributed by atoms with Crippen molar-refractivity contribution < 1.29 is 15.3 Å². The van der Waals surface area contributed by atoms with Crippen LogP contribution in [0.25, 0.3) is 0 Å². The van der Waals surface area contributed by atoms with E-state index in [1.807, 2.05) is 17.9 Å². The highest BCUT2D eigenvalue weighted by Crippen LogP contribution is 2.50. The number of anilines is 1. The number of hydrogen-bond donors (Lipinski definition) is 3. The molecule has 0 saturated carbocycles. The van der Waals surface area contributed by atoms with Crippen LogP contribution in [0.4, 0.5) is 5.69 Å². The van der Waals surface area contributed by atoms with Crippen LogP contribution in [-0.2, 0) is 0 Å². The third-order valence-electron chi connectivity index (χ3n) is 4.95. The van der Waals surface area contributed by atoms with Crippen LogP contribution in [0.1, 0.15) is 36.8 Å². The first-order valence-corrected chi connectivity index (χ1v) is 7.75. The predicted molar refractivity (Wildman–Crippen MR) is 82.6 cm³/mol. The Morgan fingerprint density at radius 3 is 2.77 bits per heavy atom. The van der Waals surface area contributed by atoms with E-state index in [1.165, 1.54) is 0 Å². The zero-order valence-corrected chi connectivity index (χ0v) is 13.1. The molecule has 1 aromatic carbocycles. The summed E-state index contributed by atoms with van der Waals surface area (Å²) in [5, 5.41) is 40.2. The van der Waals surface area contributed by atoms with Crippen molar-refractivity contribution in [1.29, 1.82) is 5.26 Å². The smallest absolute Gasteiger partial charge is 0.141 e. The Bertz CT molecular complexity index is 660. The third kappa shape index (κ3) is 2.19. The van der Waals surface area contributed by atoms with Crippen LogP contribution in [0.15, 0.2) is 12.1 Å². The molecule has 2 fully saturated rings. The number of nitriles is 1. The lowest BCUT2D eigenvalue weighted by Gasteiger charge is -2.49. The fourth-order valence-electron chi connectivity index (χ4n) is 3.96. The van der Waals surface area contributed by atoms with Crippen molar-refractivity contribution in [3.8, 4) is 6.07 Å². The molecule has 2 aliphatic rings. The van der Waals surface area contributed by atoms with Gasteiger partial charge in [-0.3, -0.25) is 0 Å². The topological polar surface area (TPSA) is 87.7 Å². The molecule has 3 atom stereocenters. The second-order valence-corrected chi connectivity index (χ2v) is 6.87. The van der Waals surface area contributed by atoms with E-state index in [4.69, 9.17) is 16.9 Å². The minimum Gasteiger partial charge on any atom is -0.393 e. The summed E-state index contributed by atoms with van der Waals surface area (Å²) in [5.74, 6) is 0. The number of piperidine rings is 1. The van der Waals surface area contributed by atoms with E-state index in [2.05, 4.69) is 0 Å². The molecular formula is C16H19ClN2O3. The SMILES string of the molecule is Cc1c(N2[C@@H]3CC[C@@]2(O)C[C@](O)(CO)C3)ccc(C#N)c1Cl. The molecule has 0 aromatic heterocycles. The van der Waals surface area contributed by atoms with Gasteiger partial charge in [0.05, 0.1) is 22.8 Å². The highest BCUT2D eigenvalue weighted by atomic mass is 35.5. The molecular weight excluding hydrogens is 304 g/mol. The first-order chi connectivity index (χ1) is 10.3. The number of halogens is 1. The van der Waals surface area contributed by atoms with Crippen LogP contribution >= 0.6 is 11.6 Å². The van der Waals surface area contributed by atoms with E-state index in [9.17, 15) is 15.3 Å². The maximum atomic E-state index is 11.0. The van der Waals surface area contributed by atoms with E-state index in [0.29, 0.717) is 23.4 Å². The van der Waals surface area contributed by atoms with Crippen molar-refractivity contribution >= 4 is 17.3 Å². The first kappa shape index (κ1) is 15.6. The van der Waals surface area contributed by atoms with Gasteiger partial charge in [-0.1, -0.05) is 11.6 Å². The summed E-state index contributed by atoms with van der Waals surface area (Å²) < 4.78 is 0. The summed E-state index contributed by atoms with van der Waals surface area (Å²) >= 11 is 6.24. The van der Waals surface area contributed by atoms with Gasteiger partial charge in [0, 0.05) is 18.2 Å². The Kier molecular flexibility index (Phi) is 3.61. The molecule has 0 unspecified atom stereocenters. The maximum absolute atomic E-state index is 11.0. The van der Waals surface area contributed by atoms with Gasteiger partial charge in [0.2, 0.25) is 0 Å². The normalized spacial score (nSPS) is 33.8. The Morgan fingerprint density at radius 1 is 1.45 bits per heavy atom. The maximum Gasteiger partial charge on any atom is 0.141 e. The molecule has 0 radical (unpaired) electrons. The Hall–Kier alpha value is -1.32. The Balaban J connectivity index is 2.04. The molecule has 2 aliphatic heterocycles. The molecule has 3 rings (SSSR count). The lowest BCUT2D eigenvalue weighted by molar-refractivity contribution is -0.106. The van der Waals surface area contributed by atoms with Crippen molar-refractivity contribution in [3.05, 3.63) is 28.3 Å². The average Bonchev–Trinajstić information content (AvgIpc) is 2.70. The van der Waals surface area contributed by atoms with Crippen LogP contribution in [0.5, 0.6) is 0 Å². The number of benzene rings is 1. The quantitative estimate of drug-likeness (QED) is 0.771. The lowest BCUT2D eigenvalue weighted by atomic mass is 9.84. The van der Waals surface area contributed by atoms with Crippen molar-refractivity contribution in [3.63, 3.8) is 0 Å².